The molecule has 1 amide bonds. The van der Waals surface area contributed by atoms with E-state index in [9.17, 15) is 31.9 Å². The Kier molecular flexibility index (Phi) is 5.63. The first-order valence-electron chi connectivity index (χ1n) is 9.92. The monoisotopic (exact) mass is 441 g/mol. The van der Waals surface area contributed by atoms with Gasteiger partial charge in [-0.1, -0.05) is 30.3 Å². The Morgan fingerprint density at radius 3 is 2.00 bits per heavy atom. The fourth-order valence-corrected chi connectivity index (χ4v) is 4.69. The van der Waals surface area contributed by atoms with Crippen LogP contribution < -0.4 is 0 Å². The van der Waals surface area contributed by atoms with E-state index in [1.54, 1.807) is 12.1 Å². The van der Waals surface area contributed by atoms with Gasteiger partial charge in [0.05, 0.1) is 5.60 Å². The third-order valence-electron chi connectivity index (χ3n) is 6.07. The molecule has 2 bridgehead atoms. The molecule has 31 heavy (non-hydrogen) atoms. The molecule has 166 valence electrons. The maximum absolute atomic E-state index is 14.1. The van der Waals surface area contributed by atoms with Gasteiger partial charge >= 0.3 is 6.09 Å². The number of amides is 1. The Morgan fingerprint density at radius 1 is 0.935 bits per heavy atom. The predicted molar refractivity (Wildman–Crippen MR) is 99.4 cm³/mol. The summed E-state index contributed by atoms with van der Waals surface area (Å²) in [4.78, 5) is 14.1. The molecule has 1 N–H and O–H groups in total. The minimum atomic E-state index is -2.23. The number of piperidine rings is 1. The van der Waals surface area contributed by atoms with E-state index in [0.29, 0.717) is 12.8 Å². The lowest BCUT2D eigenvalue weighted by Gasteiger charge is -2.43. The number of halogens is 5. The summed E-state index contributed by atoms with van der Waals surface area (Å²) in [6.45, 7) is 0.0738. The van der Waals surface area contributed by atoms with Crippen molar-refractivity contribution in [2.75, 3.05) is 0 Å². The number of nitrogens with zero attached hydrogens (tertiary/aromatic N) is 1. The van der Waals surface area contributed by atoms with Gasteiger partial charge in [-0.3, -0.25) is 0 Å². The molecule has 2 unspecified atom stereocenters. The van der Waals surface area contributed by atoms with Crippen LogP contribution in [0.25, 0.3) is 0 Å². The predicted octanol–water partition coefficient (Wildman–Crippen LogP) is 4.62. The van der Waals surface area contributed by atoms with Crippen molar-refractivity contribution in [3.05, 3.63) is 70.5 Å². The SMILES string of the molecule is O=C(OCc1ccccc1)N1C2CCC1CC(O)(Cc1c(F)c(F)c(F)c(F)c1F)C2. The number of rotatable bonds is 4. The van der Waals surface area contributed by atoms with Gasteiger partial charge in [0.25, 0.3) is 0 Å². The zero-order valence-corrected chi connectivity index (χ0v) is 16.4. The van der Waals surface area contributed by atoms with Crippen LogP contribution in [0.2, 0.25) is 0 Å². The van der Waals surface area contributed by atoms with Crippen molar-refractivity contribution in [3.8, 4) is 0 Å². The summed E-state index contributed by atoms with van der Waals surface area (Å²) in [6.07, 6.45) is -0.310. The molecule has 2 aliphatic rings. The van der Waals surface area contributed by atoms with Crippen molar-refractivity contribution in [3.63, 3.8) is 0 Å². The van der Waals surface area contributed by atoms with Gasteiger partial charge in [0.1, 0.15) is 6.61 Å². The molecule has 2 atom stereocenters. The van der Waals surface area contributed by atoms with Gasteiger partial charge in [-0.15, -0.1) is 0 Å². The Bertz CT molecular complexity index is 957. The Hall–Kier alpha value is -2.68. The molecule has 2 fully saturated rings. The number of benzene rings is 2. The van der Waals surface area contributed by atoms with E-state index >= 15 is 0 Å². The molecule has 0 spiro atoms. The van der Waals surface area contributed by atoms with Crippen molar-refractivity contribution in [1.82, 2.24) is 4.90 Å². The minimum Gasteiger partial charge on any atom is -0.445 e. The smallest absolute Gasteiger partial charge is 0.410 e. The van der Waals surface area contributed by atoms with Crippen molar-refractivity contribution in [2.45, 2.75) is 56.4 Å². The quantitative estimate of drug-likeness (QED) is 0.428. The number of hydrogen-bond donors (Lipinski definition) is 1. The third-order valence-corrected chi connectivity index (χ3v) is 6.07. The van der Waals surface area contributed by atoms with Crippen molar-refractivity contribution in [2.24, 2.45) is 0 Å². The van der Waals surface area contributed by atoms with Crippen LogP contribution in [0.15, 0.2) is 30.3 Å². The third kappa shape index (κ3) is 3.98. The summed E-state index contributed by atoms with van der Waals surface area (Å²) < 4.78 is 73.9. The first-order chi connectivity index (χ1) is 14.7. The van der Waals surface area contributed by atoms with Gasteiger partial charge in [0, 0.05) is 24.1 Å². The lowest BCUT2D eigenvalue weighted by molar-refractivity contribution is -0.0496. The summed E-state index contributed by atoms with van der Waals surface area (Å²) in [5, 5.41) is 11.0. The lowest BCUT2D eigenvalue weighted by atomic mass is 9.81. The van der Waals surface area contributed by atoms with Gasteiger partial charge < -0.3 is 14.7 Å². The highest BCUT2D eigenvalue weighted by Gasteiger charge is 2.50. The Balaban J connectivity index is 1.48. The van der Waals surface area contributed by atoms with Crippen LogP contribution in [0.1, 0.15) is 36.8 Å². The molecule has 9 heteroatoms. The molecule has 0 saturated carbocycles. The average molecular weight is 441 g/mol. The van der Waals surface area contributed by atoms with Crippen LogP contribution in [0, 0.1) is 29.1 Å². The maximum Gasteiger partial charge on any atom is 0.410 e. The van der Waals surface area contributed by atoms with Crippen LogP contribution in [0.4, 0.5) is 26.7 Å². The lowest BCUT2D eigenvalue weighted by Crippen LogP contribution is -2.54. The van der Waals surface area contributed by atoms with Gasteiger partial charge in [0.2, 0.25) is 5.82 Å². The van der Waals surface area contributed by atoms with E-state index in [1.165, 1.54) is 4.90 Å². The Labute approximate surface area is 175 Å². The van der Waals surface area contributed by atoms with Crippen LogP contribution in [0.3, 0.4) is 0 Å². The molecule has 2 heterocycles. The maximum atomic E-state index is 14.1. The molecule has 4 nitrogen and oxygen atoms in total. The van der Waals surface area contributed by atoms with Crippen molar-refractivity contribution in [1.29, 1.82) is 0 Å². The van der Waals surface area contributed by atoms with E-state index in [0.717, 1.165) is 5.56 Å². The Morgan fingerprint density at radius 2 is 1.45 bits per heavy atom. The second kappa shape index (κ2) is 8.11. The first kappa shape index (κ1) is 21.5. The molecule has 2 aliphatic heterocycles. The molecule has 2 saturated heterocycles. The number of carbonyl (C=O) groups is 1. The second-order valence-electron chi connectivity index (χ2n) is 8.19. The first-order valence-corrected chi connectivity index (χ1v) is 9.92. The van der Waals surface area contributed by atoms with E-state index in [-0.39, 0.29) is 19.4 Å². The summed E-state index contributed by atoms with van der Waals surface area (Å²) in [7, 11) is 0. The molecular weight excluding hydrogens is 421 g/mol. The molecule has 0 aromatic heterocycles. The fraction of sp³-hybridized carbons (Fsp3) is 0.409. The number of ether oxygens (including phenoxy) is 1. The highest BCUT2D eigenvalue weighted by atomic mass is 19.2. The van der Waals surface area contributed by atoms with E-state index in [1.807, 2.05) is 18.2 Å². The van der Waals surface area contributed by atoms with Crippen molar-refractivity contribution >= 4 is 6.09 Å². The van der Waals surface area contributed by atoms with Gasteiger partial charge in [0.15, 0.2) is 23.3 Å². The zero-order valence-electron chi connectivity index (χ0n) is 16.4. The summed E-state index contributed by atoms with van der Waals surface area (Å²) in [5.41, 5.74) is -1.94. The fourth-order valence-electron chi connectivity index (χ4n) is 4.69. The summed E-state index contributed by atoms with van der Waals surface area (Å²) >= 11 is 0. The molecule has 4 rings (SSSR count). The van der Waals surface area contributed by atoms with E-state index in [2.05, 4.69) is 0 Å². The minimum absolute atomic E-state index is 0.0522. The van der Waals surface area contributed by atoms with Crippen LogP contribution in [0.5, 0.6) is 0 Å². The number of fused-ring (bicyclic) bond motifs is 2. The van der Waals surface area contributed by atoms with E-state index in [4.69, 9.17) is 4.74 Å². The number of carbonyl (C=O) groups excluding carboxylic acids is 1. The standard InChI is InChI=1S/C22H20F5NO3/c23-16-15(17(24)19(26)20(27)18(16)25)10-22(30)8-13-6-7-14(9-22)28(13)21(29)31-11-12-4-2-1-3-5-12/h1-5,13-14,30H,6-11H2. The average Bonchev–Trinajstić information content (AvgIpc) is 3.05. The van der Waals surface area contributed by atoms with Crippen LogP contribution in [-0.4, -0.2) is 33.8 Å². The molecule has 2 aromatic rings. The van der Waals surface area contributed by atoms with Crippen molar-refractivity contribution < 1.29 is 36.6 Å². The number of aliphatic hydroxyl groups is 1. The highest BCUT2D eigenvalue weighted by Crippen LogP contribution is 2.43. The van der Waals surface area contributed by atoms with Gasteiger partial charge in [-0.2, -0.15) is 0 Å². The van der Waals surface area contributed by atoms with Crippen LogP contribution >= 0.6 is 0 Å². The summed E-state index contributed by atoms with van der Waals surface area (Å²) in [5.74, 6) is -10.2. The normalized spacial score (nSPS) is 25.0. The second-order valence-corrected chi connectivity index (χ2v) is 8.19. The molecule has 2 aromatic carbocycles. The molecule has 0 radical (unpaired) electrons. The van der Waals surface area contributed by atoms with Gasteiger partial charge in [-0.05, 0) is 31.2 Å². The zero-order chi connectivity index (χ0) is 22.3. The largest absolute Gasteiger partial charge is 0.445 e. The molecular formula is C22H20F5NO3. The molecule has 0 aliphatic carbocycles. The topological polar surface area (TPSA) is 49.8 Å². The van der Waals surface area contributed by atoms with Gasteiger partial charge in [-0.25, -0.2) is 26.7 Å². The highest BCUT2D eigenvalue weighted by molar-refractivity contribution is 5.69. The number of hydrogen-bond acceptors (Lipinski definition) is 3. The van der Waals surface area contributed by atoms with E-state index < -0.39 is 64.8 Å². The van der Waals surface area contributed by atoms with Crippen LogP contribution in [-0.2, 0) is 17.8 Å². The summed E-state index contributed by atoms with van der Waals surface area (Å²) in [6, 6.07) is 8.17.